The first-order valence-corrected chi connectivity index (χ1v) is 8.16. The van der Waals surface area contributed by atoms with Gasteiger partial charge in [0.2, 0.25) is 0 Å². The largest absolute Gasteiger partial charge is 0.347 e. The van der Waals surface area contributed by atoms with Crippen molar-refractivity contribution >= 4 is 27.3 Å². The molecule has 0 atom stereocenters. The highest BCUT2D eigenvalue weighted by molar-refractivity contribution is 7.90. The number of hydrogen-bond donors (Lipinski definition) is 1. The van der Waals surface area contributed by atoms with E-state index in [2.05, 4.69) is 5.32 Å². The Balaban J connectivity index is 3.17. The number of nitrogens with one attached hydrogen (secondary N) is 1. The van der Waals surface area contributed by atoms with E-state index in [0.29, 0.717) is 0 Å². The zero-order valence-corrected chi connectivity index (χ0v) is 13.0. The second kappa shape index (κ2) is 5.51. The maximum Gasteiger partial charge on any atom is 0.253 e. The first-order chi connectivity index (χ1) is 8.57. The summed E-state index contributed by atoms with van der Waals surface area (Å²) < 4.78 is 23.0. The van der Waals surface area contributed by atoms with Gasteiger partial charge in [-0.25, -0.2) is 8.42 Å². The molecule has 0 saturated heterocycles. The molecular weight excluding hydrogens is 286 g/mol. The third-order valence-electron chi connectivity index (χ3n) is 2.95. The lowest BCUT2D eigenvalue weighted by Crippen LogP contribution is -2.42. The summed E-state index contributed by atoms with van der Waals surface area (Å²) in [5, 5.41) is 3.06. The van der Waals surface area contributed by atoms with Crippen molar-refractivity contribution in [3.05, 3.63) is 28.8 Å². The molecule has 0 aliphatic carbocycles. The molecule has 0 saturated carbocycles. The van der Waals surface area contributed by atoms with Crippen LogP contribution in [0.1, 0.15) is 37.6 Å². The number of sulfone groups is 1. The minimum absolute atomic E-state index is 0.0800. The second-order valence-electron chi connectivity index (χ2n) is 5.11. The van der Waals surface area contributed by atoms with Crippen LogP contribution in [0.3, 0.4) is 0 Å². The van der Waals surface area contributed by atoms with Gasteiger partial charge >= 0.3 is 0 Å². The predicted molar refractivity (Wildman–Crippen MR) is 76.4 cm³/mol. The first-order valence-electron chi connectivity index (χ1n) is 5.89. The van der Waals surface area contributed by atoms with Crippen molar-refractivity contribution in [3.63, 3.8) is 0 Å². The molecule has 106 valence electrons. The molecule has 0 fully saturated rings. The van der Waals surface area contributed by atoms with Gasteiger partial charge < -0.3 is 5.32 Å². The summed E-state index contributed by atoms with van der Waals surface area (Å²) in [4.78, 5) is 12.2. The van der Waals surface area contributed by atoms with E-state index in [1.54, 1.807) is 0 Å². The van der Waals surface area contributed by atoms with Gasteiger partial charge in [0, 0.05) is 11.8 Å². The number of carbonyl (C=O) groups is 1. The van der Waals surface area contributed by atoms with Crippen molar-refractivity contribution in [3.8, 4) is 0 Å². The summed E-state index contributed by atoms with van der Waals surface area (Å²) in [6.07, 6.45) is 1.84. The molecule has 4 nitrogen and oxygen atoms in total. The molecule has 0 unspecified atom stereocenters. The van der Waals surface area contributed by atoms with Gasteiger partial charge in [0.1, 0.15) is 0 Å². The molecule has 1 aromatic carbocycles. The molecule has 1 N–H and O–H groups in total. The molecule has 19 heavy (non-hydrogen) atoms. The van der Waals surface area contributed by atoms with Crippen LogP contribution >= 0.6 is 11.6 Å². The number of halogens is 1. The summed E-state index contributed by atoms with van der Waals surface area (Å²) in [5.41, 5.74) is -0.201. The molecule has 0 aromatic heterocycles. The van der Waals surface area contributed by atoms with Crippen molar-refractivity contribution in [1.29, 1.82) is 0 Å². The molecule has 1 rings (SSSR count). The molecule has 0 spiro atoms. The van der Waals surface area contributed by atoms with Gasteiger partial charge in [-0.3, -0.25) is 4.79 Å². The highest BCUT2D eigenvalue weighted by Crippen LogP contribution is 2.21. The van der Waals surface area contributed by atoms with Crippen LogP contribution in [0.4, 0.5) is 0 Å². The lowest BCUT2D eigenvalue weighted by molar-refractivity contribution is 0.0911. The Morgan fingerprint density at radius 1 is 1.37 bits per heavy atom. The van der Waals surface area contributed by atoms with Crippen LogP contribution in [0.2, 0.25) is 5.02 Å². The Bertz CT molecular complexity index is 594. The summed E-state index contributed by atoms with van der Waals surface area (Å²) >= 11 is 5.96. The molecule has 0 aliphatic heterocycles. The minimum Gasteiger partial charge on any atom is -0.347 e. The van der Waals surface area contributed by atoms with Crippen LogP contribution in [0.25, 0.3) is 0 Å². The van der Waals surface area contributed by atoms with E-state index < -0.39 is 9.84 Å². The fourth-order valence-corrected chi connectivity index (χ4v) is 2.22. The summed E-state index contributed by atoms with van der Waals surface area (Å²) in [7, 11) is -3.36. The van der Waals surface area contributed by atoms with E-state index in [0.717, 1.165) is 12.7 Å². The highest BCUT2D eigenvalue weighted by atomic mass is 35.5. The van der Waals surface area contributed by atoms with Gasteiger partial charge in [-0.1, -0.05) is 18.5 Å². The van der Waals surface area contributed by atoms with Crippen LogP contribution < -0.4 is 5.32 Å². The average Bonchev–Trinajstić information content (AvgIpc) is 2.27. The topological polar surface area (TPSA) is 63.2 Å². The minimum atomic E-state index is -3.36. The highest BCUT2D eigenvalue weighted by Gasteiger charge is 2.21. The van der Waals surface area contributed by atoms with E-state index in [1.807, 2.05) is 20.8 Å². The van der Waals surface area contributed by atoms with Crippen LogP contribution in [0, 0.1) is 0 Å². The zero-order valence-electron chi connectivity index (χ0n) is 11.5. The number of benzene rings is 1. The second-order valence-corrected chi connectivity index (χ2v) is 7.53. The SMILES string of the molecule is CCC(C)(C)NC(=O)c1cc(S(C)(=O)=O)ccc1Cl. The third-order valence-corrected chi connectivity index (χ3v) is 4.39. The zero-order chi connectivity index (χ0) is 14.8. The number of hydrogen-bond acceptors (Lipinski definition) is 3. The lowest BCUT2D eigenvalue weighted by Gasteiger charge is -2.24. The van der Waals surface area contributed by atoms with E-state index in [9.17, 15) is 13.2 Å². The van der Waals surface area contributed by atoms with Crippen molar-refractivity contribution < 1.29 is 13.2 Å². The Morgan fingerprint density at radius 3 is 2.42 bits per heavy atom. The lowest BCUT2D eigenvalue weighted by atomic mass is 10.0. The molecule has 0 aliphatic rings. The smallest absolute Gasteiger partial charge is 0.253 e. The Hall–Kier alpha value is -1.07. The fourth-order valence-electron chi connectivity index (χ4n) is 1.37. The van der Waals surface area contributed by atoms with Crippen LogP contribution in [-0.2, 0) is 9.84 Å². The van der Waals surface area contributed by atoms with Gasteiger partial charge in [-0.15, -0.1) is 0 Å². The molecule has 0 heterocycles. The van der Waals surface area contributed by atoms with Gasteiger partial charge in [0.15, 0.2) is 9.84 Å². The maximum absolute atomic E-state index is 12.1. The number of rotatable bonds is 4. The molecule has 0 radical (unpaired) electrons. The van der Waals surface area contributed by atoms with E-state index >= 15 is 0 Å². The monoisotopic (exact) mass is 303 g/mol. The average molecular weight is 304 g/mol. The number of amides is 1. The third kappa shape index (κ3) is 4.21. The molecular formula is C13H18ClNO3S. The van der Waals surface area contributed by atoms with Gasteiger partial charge in [0.25, 0.3) is 5.91 Å². The summed E-state index contributed by atoms with van der Waals surface area (Å²) in [6, 6.07) is 4.12. The van der Waals surface area contributed by atoms with Gasteiger partial charge in [-0.2, -0.15) is 0 Å². The Kier molecular flexibility index (Phi) is 4.63. The summed E-state index contributed by atoms with van der Waals surface area (Å²) in [5.74, 6) is -0.373. The Morgan fingerprint density at radius 2 is 1.95 bits per heavy atom. The van der Waals surface area contributed by atoms with Gasteiger partial charge in [-0.05, 0) is 38.5 Å². The normalized spacial score (nSPS) is 12.3. The van der Waals surface area contributed by atoms with Gasteiger partial charge in [0.05, 0.1) is 15.5 Å². The van der Waals surface area contributed by atoms with Crippen molar-refractivity contribution in [1.82, 2.24) is 5.32 Å². The molecule has 1 amide bonds. The van der Waals surface area contributed by atoms with E-state index in [1.165, 1.54) is 18.2 Å². The van der Waals surface area contributed by atoms with Crippen molar-refractivity contribution in [2.24, 2.45) is 0 Å². The predicted octanol–water partition coefficient (Wildman–Crippen LogP) is 2.66. The molecule has 6 heteroatoms. The van der Waals surface area contributed by atoms with Crippen LogP contribution in [0.5, 0.6) is 0 Å². The quantitative estimate of drug-likeness (QED) is 0.930. The maximum atomic E-state index is 12.1. The molecule has 1 aromatic rings. The molecule has 0 bridgehead atoms. The van der Waals surface area contributed by atoms with Crippen molar-refractivity contribution in [2.75, 3.05) is 6.26 Å². The summed E-state index contributed by atoms with van der Waals surface area (Å²) in [6.45, 7) is 5.73. The van der Waals surface area contributed by atoms with E-state index in [4.69, 9.17) is 11.6 Å². The van der Waals surface area contributed by atoms with Crippen LogP contribution in [0.15, 0.2) is 23.1 Å². The first kappa shape index (κ1) is 16.0. The van der Waals surface area contributed by atoms with E-state index in [-0.39, 0.29) is 26.9 Å². The standard InChI is InChI=1S/C13H18ClNO3S/c1-5-13(2,3)15-12(16)10-8-9(19(4,17)18)6-7-11(10)14/h6-8H,5H2,1-4H3,(H,15,16). The number of carbonyl (C=O) groups excluding carboxylic acids is 1. The Labute approximate surface area is 119 Å². The van der Waals surface area contributed by atoms with Crippen molar-refractivity contribution in [2.45, 2.75) is 37.6 Å². The fraction of sp³-hybridized carbons (Fsp3) is 0.462. The van der Waals surface area contributed by atoms with Crippen LogP contribution in [-0.4, -0.2) is 26.1 Å².